The number of ether oxygens (including phenoxy) is 1. The second-order valence-corrected chi connectivity index (χ2v) is 8.81. The highest BCUT2D eigenvalue weighted by atomic mass is 32.1. The molecule has 2 amide bonds. The molecule has 3 rings (SSSR count). The van der Waals surface area contributed by atoms with Crippen LogP contribution in [0.2, 0.25) is 0 Å². The van der Waals surface area contributed by atoms with Crippen molar-refractivity contribution in [1.29, 1.82) is 0 Å². The standard InChI is InChI=1S/C23H29FN2O3S/c1-4-16(2)13-25(17(3)27)14-23(28)26-11-9-22-18(10-12-30-22)20(26)15-29-21-8-6-5-7-19(21)24/h5-8,10,12,16,20H,4,9,11,13-15H2,1-3H3/t16-,20-/m0/s1. The first-order valence-electron chi connectivity index (χ1n) is 10.4. The van der Waals surface area contributed by atoms with Crippen LogP contribution in [0.1, 0.15) is 43.7 Å². The first-order valence-corrected chi connectivity index (χ1v) is 11.3. The Morgan fingerprint density at radius 2 is 2.10 bits per heavy atom. The van der Waals surface area contributed by atoms with E-state index >= 15 is 0 Å². The van der Waals surface area contributed by atoms with E-state index in [9.17, 15) is 14.0 Å². The summed E-state index contributed by atoms with van der Waals surface area (Å²) >= 11 is 1.67. The number of fused-ring (bicyclic) bond motifs is 1. The van der Waals surface area contributed by atoms with Crippen molar-refractivity contribution in [3.05, 3.63) is 52.0 Å². The van der Waals surface area contributed by atoms with Crippen LogP contribution < -0.4 is 4.74 Å². The molecule has 0 N–H and O–H groups in total. The van der Waals surface area contributed by atoms with E-state index < -0.39 is 5.82 Å². The van der Waals surface area contributed by atoms with Gasteiger partial charge < -0.3 is 14.5 Å². The van der Waals surface area contributed by atoms with Gasteiger partial charge in [-0.3, -0.25) is 9.59 Å². The molecule has 0 unspecified atom stereocenters. The van der Waals surface area contributed by atoms with Crippen molar-refractivity contribution in [2.45, 2.75) is 39.7 Å². The molecule has 0 saturated carbocycles. The van der Waals surface area contributed by atoms with Gasteiger partial charge in [-0.15, -0.1) is 11.3 Å². The number of benzene rings is 1. The molecule has 2 heterocycles. The summed E-state index contributed by atoms with van der Waals surface area (Å²) in [5.41, 5.74) is 1.05. The molecule has 1 aliphatic heterocycles. The number of carbonyl (C=O) groups is 2. The average molecular weight is 433 g/mol. The molecule has 0 spiro atoms. The molecular formula is C23H29FN2O3S. The third kappa shape index (κ3) is 5.19. The predicted molar refractivity (Wildman–Crippen MR) is 116 cm³/mol. The van der Waals surface area contributed by atoms with Gasteiger partial charge in [0.05, 0.1) is 12.6 Å². The maximum absolute atomic E-state index is 14.0. The Labute approximate surface area is 181 Å². The number of nitrogens with zero attached hydrogens (tertiary/aromatic N) is 2. The summed E-state index contributed by atoms with van der Waals surface area (Å²) in [7, 11) is 0. The first-order chi connectivity index (χ1) is 14.4. The van der Waals surface area contributed by atoms with Gasteiger partial charge in [0.1, 0.15) is 6.61 Å². The number of thiophene rings is 1. The number of para-hydroxylation sites is 1. The van der Waals surface area contributed by atoms with Gasteiger partial charge in [-0.1, -0.05) is 32.4 Å². The predicted octanol–water partition coefficient (Wildman–Crippen LogP) is 4.29. The molecule has 0 bridgehead atoms. The number of halogens is 1. The molecule has 162 valence electrons. The van der Waals surface area contributed by atoms with E-state index in [0.717, 1.165) is 18.4 Å². The zero-order valence-electron chi connectivity index (χ0n) is 17.8. The van der Waals surface area contributed by atoms with Gasteiger partial charge in [0.25, 0.3) is 0 Å². The van der Waals surface area contributed by atoms with Crippen LogP contribution >= 0.6 is 11.3 Å². The molecule has 1 aromatic carbocycles. The van der Waals surface area contributed by atoms with Crippen molar-refractivity contribution in [1.82, 2.24) is 9.80 Å². The Balaban J connectivity index is 1.76. The Kier molecular flexibility index (Phi) is 7.48. The quantitative estimate of drug-likeness (QED) is 0.625. The summed E-state index contributed by atoms with van der Waals surface area (Å²) in [6.45, 7) is 6.99. The summed E-state index contributed by atoms with van der Waals surface area (Å²) in [6.07, 6.45) is 1.72. The average Bonchev–Trinajstić information content (AvgIpc) is 3.21. The van der Waals surface area contributed by atoms with E-state index in [-0.39, 0.29) is 36.8 Å². The van der Waals surface area contributed by atoms with Gasteiger partial charge in [-0.25, -0.2) is 4.39 Å². The van der Waals surface area contributed by atoms with Crippen LogP contribution in [-0.4, -0.2) is 47.9 Å². The minimum absolute atomic E-state index is 0.0509. The second-order valence-electron chi connectivity index (χ2n) is 7.81. The minimum atomic E-state index is -0.423. The molecule has 1 aromatic heterocycles. The lowest BCUT2D eigenvalue weighted by atomic mass is 10.00. The van der Waals surface area contributed by atoms with E-state index in [0.29, 0.717) is 19.0 Å². The lowest BCUT2D eigenvalue weighted by Crippen LogP contribution is -2.48. The fourth-order valence-electron chi connectivity index (χ4n) is 3.67. The summed E-state index contributed by atoms with van der Waals surface area (Å²) in [4.78, 5) is 29.9. The number of hydrogen-bond acceptors (Lipinski definition) is 4. The summed E-state index contributed by atoms with van der Waals surface area (Å²) in [5, 5.41) is 2.01. The molecule has 30 heavy (non-hydrogen) atoms. The van der Waals surface area contributed by atoms with Crippen LogP contribution in [0, 0.1) is 11.7 Å². The number of rotatable bonds is 8. The zero-order chi connectivity index (χ0) is 21.7. The van der Waals surface area contributed by atoms with Gasteiger partial charge in [0.2, 0.25) is 11.8 Å². The third-order valence-corrected chi connectivity index (χ3v) is 6.65. The lowest BCUT2D eigenvalue weighted by molar-refractivity contribution is -0.142. The van der Waals surface area contributed by atoms with Crippen molar-refractivity contribution in [3.8, 4) is 5.75 Å². The van der Waals surface area contributed by atoms with Crippen molar-refractivity contribution in [2.75, 3.05) is 26.2 Å². The van der Waals surface area contributed by atoms with E-state index in [1.807, 2.05) is 11.4 Å². The molecule has 7 heteroatoms. The summed E-state index contributed by atoms with van der Waals surface area (Å²) in [6, 6.07) is 7.99. The van der Waals surface area contributed by atoms with Gasteiger partial charge in [-0.05, 0) is 41.5 Å². The molecule has 0 fully saturated rings. The monoisotopic (exact) mass is 432 g/mol. The topological polar surface area (TPSA) is 49.9 Å². The smallest absolute Gasteiger partial charge is 0.242 e. The van der Waals surface area contributed by atoms with Crippen LogP contribution in [0.15, 0.2) is 35.7 Å². The Morgan fingerprint density at radius 1 is 1.33 bits per heavy atom. The molecule has 2 atom stereocenters. The normalized spacial score (nSPS) is 16.7. The lowest BCUT2D eigenvalue weighted by Gasteiger charge is -2.37. The third-order valence-electron chi connectivity index (χ3n) is 5.65. The zero-order valence-corrected chi connectivity index (χ0v) is 18.6. The largest absolute Gasteiger partial charge is 0.488 e. The van der Waals surface area contributed by atoms with Crippen molar-refractivity contribution in [3.63, 3.8) is 0 Å². The Bertz CT molecular complexity index is 885. The number of hydrogen-bond donors (Lipinski definition) is 0. The number of carbonyl (C=O) groups excluding carboxylic acids is 2. The van der Waals surface area contributed by atoms with Gasteiger partial charge >= 0.3 is 0 Å². The SMILES string of the molecule is CC[C@H](C)CN(CC(=O)N1CCc2sccc2[C@@H]1COc1ccccc1F)C(C)=O. The molecule has 0 saturated heterocycles. The van der Waals surface area contributed by atoms with E-state index in [1.54, 1.807) is 39.3 Å². The van der Waals surface area contributed by atoms with Crippen LogP contribution in [0.4, 0.5) is 4.39 Å². The molecular weight excluding hydrogens is 403 g/mol. The molecule has 0 aliphatic carbocycles. The fourth-order valence-corrected chi connectivity index (χ4v) is 4.60. The van der Waals surface area contributed by atoms with Crippen molar-refractivity contribution >= 4 is 23.2 Å². The van der Waals surface area contributed by atoms with Gasteiger partial charge in [0, 0.05) is 24.9 Å². The fraction of sp³-hybridized carbons (Fsp3) is 0.478. The molecule has 5 nitrogen and oxygen atoms in total. The van der Waals surface area contributed by atoms with Crippen LogP contribution in [0.3, 0.4) is 0 Å². The van der Waals surface area contributed by atoms with E-state index in [1.165, 1.54) is 17.9 Å². The van der Waals surface area contributed by atoms with Crippen LogP contribution in [0.5, 0.6) is 5.75 Å². The summed E-state index contributed by atoms with van der Waals surface area (Å²) < 4.78 is 19.8. The minimum Gasteiger partial charge on any atom is -0.488 e. The van der Waals surface area contributed by atoms with Gasteiger partial charge in [0.15, 0.2) is 11.6 Å². The van der Waals surface area contributed by atoms with Crippen LogP contribution in [0.25, 0.3) is 0 Å². The highest BCUT2D eigenvalue weighted by Crippen LogP contribution is 2.34. The van der Waals surface area contributed by atoms with Crippen molar-refractivity contribution < 1.29 is 18.7 Å². The van der Waals surface area contributed by atoms with Crippen LogP contribution in [-0.2, 0) is 16.0 Å². The second kappa shape index (κ2) is 10.1. The highest BCUT2D eigenvalue weighted by Gasteiger charge is 2.33. The molecule has 1 aliphatic rings. The number of amides is 2. The van der Waals surface area contributed by atoms with E-state index in [4.69, 9.17) is 4.74 Å². The molecule has 0 radical (unpaired) electrons. The maximum atomic E-state index is 14.0. The maximum Gasteiger partial charge on any atom is 0.242 e. The van der Waals surface area contributed by atoms with E-state index in [2.05, 4.69) is 13.8 Å². The highest BCUT2D eigenvalue weighted by molar-refractivity contribution is 7.10. The molecule has 2 aromatic rings. The summed E-state index contributed by atoms with van der Waals surface area (Å²) in [5.74, 6) is -0.127. The van der Waals surface area contributed by atoms with Crippen molar-refractivity contribution in [2.24, 2.45) is 5.92 Å². The Hall–Kier alpha value is -2.41. The first kappa shape index (κ1) is 22.3. The van der Waals surface area contributed by atoms with Gasteiger partial charge in [-0.2, -0.15) is 0 Å². The Morgan fingerprint density at radius 3 is 2.80 bits per heavy atom.